The van der Waals surface area contributed by atoms with Crippen molar-refractivity contribution in [3.05, 3.63) is 48.5 Å². The first-order chi connectivity index (χ1) is 12.2. The molecule has 128 valence electrons. The first-order valence-corrected chi connectivity index (χ1v) is 10.2. The van der Waals surface area contributed by atoms with Crippen LogP contribution in [0.4, 0.5) is 5.69 Å². The maximum atomic E-state index is 12.9. The Hall–Kier alpha value is -1.92. The molecule has 0 saturated heterocycles. The number of H-pyrrole nitrogens is 1. The maximum Gasteiger partial charge on any atom is 0.237 e. The molecule has 1 amide bonds. The van der Waals surface area contributed by atoms with Crippen molar-refractivity contribution < 1.29 is 4.79 Å². The van der Waals surface area contributed by atoms with Gasteiger partial charge in [0.25, 0.3) is 0 Å². The van der Waals surface area contributed by atoms with Crippen LogP contribution in [0.1, 0.15) is 13.3 Å². The summed E-state index contributed by atoms with van der Waals surface area (Å²) >= 11 is 3.32. The summed E-state index contributed by atoms with van der Waals surface area (Å²) in [6.45, 7) is 2.99. The second-order valence-corrected chi connectivity index (χ2v) is 8.52. The molecule has 3 aromatic rings. The molecule has 2 heterocycles. The fourth-order valence-electron chi connectivity index (χ4n) is 2.95. The van der Waals surface area contributed by atoms with Crippen molar-refractivity contribution >= 4 is 46.2 Å². The summed E-state index contributed by atoms with van der Waals surface area (Å²) < 4.78 is 0. The minimum Gasteiger partial charge on any atom is -0.333 e. The summed E-state index contributed by atoms with van der Waals surface area (Å²) in [5.74, 6) is 0.514. The number of anilines is 1. The molecule has 0 bridgehead atoms. The van der Waals surface area contributed by atoms with E-state index in [4.69, 9.17) is 0 Å². The minimum absolute atomic E-state index is 0.132. The lowest BCUT2D eigenvalue weighted by Gasteiger charge is -2.22. The molecule has 4 nitrogen and oxygen atoms in total. The molecule has 1 N–H and O–H groups in total. The van der Waals surface area contributed by atoms with E-state index in [-0.39, 0.29) is 5.91 Å². The highest BCUT2D eigenvalue weighted by Gasteiger charge is 2.24. The van der Waals surface area contributed by atoms with Gasteiger partial charge < -0.3 is 9.88 Å². The number of carbonyl (C=O) groups excluding carboxylic acids is 1. The number of aromatic amines is 1. The standard InChI is InChI=1S/C19H19N3OS2/c1-13-10-11-22(16-8-4-5-9-17(16)25-13)18(23)12-24-19-20-14-6-2-3-7-15(14)21-19/h2-9,13H,10-12H2,1H3,(H,20,21)/t13-/m1/s1. The SMILES string of the molecule is C[C@@H]1CCN(C(=O)CSc2nc3ccccc3[nH]2)c2ccccc2S1. The van der Waals surface area contributed by atoms with E-state index in [1.165, 1.54) is 16.7 Å². The molecule has 0 fully saturated rings. The molecule has 0 radical (unpaired) electrons. The van der Waals surface area contributed by atoms with Crippen molar-refractivity contribution in [3.8, 4) is 0 Å². The second-order valence-electron chi connectivity index (χ2n) is 6.08. The Kier molecular flexibility index (Phi) is 4.72. The molecule has 25 heavy (non-hydrogen) atoms. The zero-order valence-electron chi connectivity index (χ0n) is 13.9. The summed E-state index contributed by atoms with van der Waals surface area (Å²) in [4.78, 5) is 23.8. The van der Waals surface area contributed by atoms with Gasteiger partial charge in [-0.1, -0.05) is 43.0 Å². The third-order valence-electron chi connectivity index (χ3n) is 4.24. The fraction of sp³-hybridized carbons (Fsp3) is 0.263. The van der Waals surface area contributed by atoms with Gasteiger partial charge in [0.2, 0.25) is 5.91 Å². The van der Waals surface area contributed by atoms with Crippen molar-refractivity contribution in [2.75, 3.05) is 17.2 Å². The summed E-state index contributed by atoms with van der Waals surface area (Å²) in [5, 5.41) is 1.31. The van der Waals surface area contributed by atoms with Gasteiger partial charge in [-0.2, -0.15) is 0 Å². The van der Waals surface area contributed by atoms with E-state index in [0.29, 0.717) is 11.0 Å². The highest BCUT2D eigenvalue weighted by Crippen LogP contribution is 2.37. The van der Waals surface area contributed by atoms with E-state index in [0.717, 1.165) is 34.8 Å². The normalized spacial score (nSPS) is 17.3. The molecule has 4 rings (SSSR count). The number of para-hydroxylation sites is 3. The quantitative estimate of drug-likeness (QED) is 0.687. The van der Waals surface area contributed by atoms with Crippen LogP contribution >= 0.6 is 23.5 Å². The lowest BCUT2D eigenvalue weighted by Crippen LogP contribution is -2.33. The average molecular weight is 370 g/mol. The molecule has 1 aliphatic rings. The van der Waals surface area contributed by atoms with Gasteiger partial charge in [0.1, 0.15) is 0 Å². The van der Waals surface area contributed by atoms with Crippen molar-refractivity contribution in [2.24, 2.45) is 0 Å². The molecule has 2 aromatic carbocycles. The number of aromatic nitrogens is 2. The molecule has 0 spiro atoms. The van der Waals surface area contributed by atoms with E-state index < -0.39 is 0 Å². The summed E-state index contributed by atoms with van der Waals surface area (Å²) in [7, 11) is 0. The number of nitrogens with one attached hydrogen (secondary N) is 1. The van der Waals surface area contributed by atoms with Crippen LogP contribution in [-0.2, 0) is 4.79 Å². The van der Waals surface area contributed by atoms with Crippen molar-refractivity contribution in [3.63, 3.8) is 0 Å². The number of hydrogen-bond donors (Lipinski definition) is 1. The highest BCUT2D eigenvalue weighted by atomic mass is 32.2. The van der Waals surface area contributed by atoms with Crippen LogP contribution in [0.15, 0.2) is 58.6 Å². The number of carbonyl (C=O) groups is 1. The molecule has 1 aromatic heterocycles. The van der Waals surface area contributed by atoms with Gasteiger partial charge in [0.15, 0.2) is 5.16 Å². The Balaban J connectivity index is 1.50. The van der Waals surface area contributed by atoms with Crippen LogP contribution in [0.5, 0.6) is 0 Å². The zero-order chi connectivity index (χ0) is 17.2. The molecule has 0 saturated carbocycles. The highest BCUT2D eigenvalue weighted by molar-refractivity contribution is 8.00. The second kappa shape index (κ2) is 7.14. The number of nitrogens with zero attached hydrogens (tertiary/aromatic N) is 2. The molecule has 1 aliphatic heterocycles. The van der Waals surface area contributed by atoms with Gasteiger partial charge in [-0.15, -0.1) is 11.8 Å². The monoisotopic (exact) mass is 369 g/mol. The number of imidazole rings is 1. The van der Waals surface area contributed by atoms with E-state index in [2.05, 4.69) is 23.0 Å². The third-order valence-corrected chi connectivity index (χ3v) is 6.34. The van der Waals surface area contributed by atoms with Gasteiger partial charge in [-0.25, -0.2) is 4.98 Å². The Morgan fingerprint density at radius 3 is 2.96 bits per heavy atom. The maximum absolute atomic E-state index is 12.9. The predicted octanol–water partition coefficient (Wildman–Crippen LogP) is 4.57. The van der Waals surface area contributed by atoms with Crippen LogP contribution in [-0.4, -0.2) is 33.4 Å². The number of rotatable bonds is 3. The van der Waals surface area contributed by atoms with Crippen LogP contribution in [0.2, 0.25) is 0 Å². The van der Waals surface area contributed by atoms with Crippen LogP contribution in [0, 0.1) is 0 Å². The molecular formula is C19H19N3OS2. The van der Waals surface area contributed by atoms with Gasteiger partial charge in [0.05, 0.1) is 22.5 Å². The van der Waals surface area contributed by atoms with Gasteiger partial charge in [-0.3, -0.25) is 4.79 Å². The summed E-state index contributed by atoms with van der Waals surface area (Å²) in [5.41, 5.74) is 2.97. The van der Waals surface area contributed by atoms with Crippen molar-refractivity contribution in [1.82, 2.24) is 9.97 Å². The Labute approximate surface area is 155 Å². The first-order valence-electron chi connectivity index (χ1n) is 8.34. The van der Waals surface area contributed by atoms with E-state index in [9.17, 15) is 4.79 Å². The van der Waals surface area contributed by atoms with Crippen molar-refractivity contribution in [1.29, 1.82) is 0 Å². The van der Waals surface area contributed by atoms with Crippen LogP contribution in [0.3, 0.4) is 0 Å². The summed E-state index contributed by atoms with van der Waals surface area (Å²) in [6.07, 6.45) is 1.00. The van der Waals surface area contributed by atoms with Gasteiger partial charge in [0, 0.05) is 16.7 Å². The molecular weight excluding hydrogens is 350 g/mol. The number of hydrogen-bond acceptors (Lipinski definition) is 4. The van der Waals surface area contributed by atoms with E-state index in [1.807, 2.05) is 59.1 Å². The Bertz CT molecular complexity index is 875. The van der Waals surface area contributed by atoms with E-state index >= 15 is 0 Å². The Morgan fingerprint density at radius 2 is 2.08 bits per heavy atom. The predicted molar refractivity (Wildman–Crippen MR) is 106 cm³/mol. The molecule has 0 unspecified atom stereocenters. The average Bonchev–Trinajstić information content (AvgIpc) is 2.96. The lowest BCUT2D eigenvalue weighted by atomic mass is 10.2. The summed E-state index contributed by atoms with van der Waals surface area (Å²) in [6, 6.07) is 16.1. The number of amides is 1. The van der Waals surface area contributed by atoms with Crippen LogP contribution < -0.4 is 4.90 Å². The van der Waals surface area contributed by atoms with Crippen molar-refractivity contribution in [2.45, 2.75) is 28.6 Å². The van der Waals surface area contributed by atoms with E-state index in [1.54, 1.807) is 0 Å². The number of benzene rings is 2. The number of thioether (sulfide) groups is 2. The zero-order valence-corrected chi connectivity index (χ0v) is 15.6. The molecule has 6 heteroatoms. The smallest absolute Gasteiger partial charge is 0.237 e. The lowest BCUT2D eigenvalue weighted by molar-refractivity contribution is -0.116. The topological polar surface area (TPSA) is 49.0 Å². The fourth-order valence-corrected chi connectivity index (χ4v) is 4.83. The number of fused-ring (bicyclic) bond motifs is 2. The minimum atomic E-state index is 0.132. The third kappa shape index (κ3) is 3.55. The molecule has 0 aliphatic carbocycles. The molecule has 1 atom stereocenters. The first kappa shape index (κ1) is 16.5. The van der Waals surface area contributed by atoms with Gasteiger partial charge >= 0.3 is 0 Å². The van der Waals surface area contributed by atoms with Crippen LogP contribution in [0.25, 0.3) is 11.0 Å². The largest absolute Gasteiger partial charge is 0.333 e. The van der Waals surface area contributed by atoms with Gasteiger partial charge in [-0.05, 0) is 30.7 Å². The Morgan fingerprint density at radius 1 is 1.28 bits per heavy atom.